The molecule has 0 radical (unpaired) electrons. The van der Waals surface area contributed by atoms with Gasteiger partial charge in [0.25, 0.3) is 5.91 Å². The Hall–Kier alpha value is -2.27. The molecule has 4 rings (SSSR count). The molecule has 2 aliphatic rings. The number of hydrogen-bond acceptors (Lipinski definition) is 6. The molecular weight excluding hydrogens is 448 g/mol. The predicted molar refractivity (Wildman–Crippen MR) is 124 cm³/mol. The smallest absolute Gasteiger partial charge is 0.264 e. The third-order valence-electron chi connectivity index (χ3n) is 6.09. The Morgan fingerprint density at radius 1 is 0.969 bits per heavy atom. The van der Waals surface area contributed by atoms with E-state index in [0.29, 0.717) is 45.0 Å². The molecule has 2 amide bonds. The molecule has 172 valence electrons. The second-order valence-corrected chi connectivity index (χ2v) is 11.0. The van der Waals surface area contributed by atoms with Gasteiger partial charge < -0.3 is 10.2 Å². The monoisotopic (exact) mass is 476 g/mol. The molecule has 1 aromatic carbocycles. The van der Waals surface area contributed by atoms with Gasteiger partial charge in [-0.1, -0.05) is 6.07 Å². The van der Waals surface area contributed by atoms with Gasteiger partial charge in [-0.3, -0.25) is 14.5 Å². The number of nitrogens with one attached hydrogen (secondary N) is 1. The number of carbonyl (C=O) groups is 2. The standard InChI is InChI=1S/C22H28N4O4S2/c1-17(24-12-14-25(15-13-24)22(28)20-5-4-16-31-20)21(27)23-18-6-8-19(9-7-18)32(29,30)26-10-2-3-11-26/h4-9,16-17H,2-3,10-15H2,1H3,(H,23,27)/t17-/m1/s1. The summed E-state index contributed by atoms with van der Waals surface area (Å²) < 4.78 is 26.8. The highest BCUT2D eigenvalue weighted by Gasteiger charge is 2.29. The Balaban J connectivity index is 1.30. The zero-order valence-corrected chi connectivity index (χ0v) is 19.7. The minimum Gasteiger partial charge on any atom is -0.335 e. The number of benzene rings is 1. The van der Waals surface area contributed by atoms with Crippen molar-refractivity contribution in [3.63, 3.8) is 0 Å². The highest BCUT2D eigenvalue weighted by molar-refractivity contribution is 7.89. The van der Waals surface area contributed by atoms with Crippen LogP contribution in [0.5, 0.6) is 0 Å². The van der Waals surface area contributed by atoms with Gasteiger partial charge in [0.05, 0.1) is 15.8 Å². The zero-order chi connectivity index (χ0) is 22.7. The maximum absolute atomic E-state index is 12.7. The molecule has 32 heavy (non-hydrogen) atoms. The number of hydrogen-bond donors (Lipinski definition) is 1. The van der Waals surface area contributed by atoms with Crippen LogP contribution in [0.1, 0.15) is 29.4 Å². The van der Waals surface area contributed by atoms with Gasteiger partial charge in [0.15, 0.2) is 0 Å². The quantitative estimate of drug-likeness (QED) is 0.691. The Morgan fingerprint density at radius 2 is 1.62 bits per heavy atom. The fourth-order valence-corrected chi connectivity index (χ4v) is 6.28. The molecule has 10 heteroatoms. The lowest BCUT2D eigenvalue weighted by Crippen LogP contribution is -2.53. The number of anilines is 1. The van der Waals surface area contributed by atoms with E-state index in [4.69, 9.17) is 0 Å². The lowest BCUT2D eigenvalue weighted by atomic mass is 10.2. The van der Waals surface area contributed by atoms with Crippen molar-refractivity contribution in [2.75, 3.05) is 44.6 Å². The molecule has 0 spiro atoms. The first-order valence-electron chi connectivity index (χ1n) is 10.8. The van der Waals surface area contributed by atoms with Crippen LogP contribution in [-0.4, -0.2) is 79.6 Å². The summed E-state index contributed by atoms with van der Waals surface area (Å²) in [6.07, 6.45) is 1.78. The lowest BCUT2D eigenvalue weighted by molar-refractivity contribution is -0.121. The van der Waals surface area contributed by atoms with Crippen LogP contribution < -0.4 is 5.32 Å². The number of rotatable bonds is 6. The average molecular weight is 477 g/mol. The van der Waals surface area contributed by atoms with Gasteiger partial charge in [0, 0.05) is 45.0 Å². The molecule has 1 atom stereocenters. The van der Waals surface area contributed by atoms with Gasteiger partial charge >= 0.3 is 0 Å². The van der Waals surface area contributed by atoms with Crippen LogP contribution in [0.3, 0.4) is 0 Å². The number of nitrogens with zero attached hydrogens (tertiary/aromatic N) is 3. The van der Waals surface area contributed by atoms with Crippen molar-refractivity contribution < 1.29 is 18.0 Å². The molecule has 0 saturated carbocycles. The van der Waals surface area contributed by atoms with Gasteiger partial charge in [0.2, 0.25) is 15.9 Å². The molecular formula is C22H28N4O4S2. The summed E-state index contributed by atoms with van der Waals surface area (Å²) in [4.78, 5) is 30.1. The SMILES string of the molecule is C[C@H](C(=O)Nc1ccc(S(=O)(=O)N2CCCC2)cc1)N1CCN(C(=O)c2cccs2)CC1. The molecule has 0 unspecified atom stereocenters. The highest BCUT2D eigenvalue weighted by Crippen LogP contribution is 2.22. The largest absolute Gasteiger partial charge is 0.335 e. The van der Waals surface area contributed by atoms with Crippen LogP contribution in [0, 0.1) is 0 Å². The topological polar surface area (TPSA) is 90.0 Å². The van der Waals surface area contributed by atoms with Crippen molar-refractivity contribution in [3.05, 3.63) is 46.7 Å². The fraction of sp³-hybridized carbons (Fsp3) is 0.455. The van der Waals surface area contributed by atoms with Crippen molar-refractivity contribution in [1.29, 1.82) is 0 Å². The normalized spacial score (nSPS) is 19.1. The van der Waals surface area contributed by atoms with E-state index in [2.05, 4.69) is 10.2 Å². The van der Waals surface area contributed by atoms with Gasteiger partial charge in [-0.15, -0.1) is 11.3 Å². The van der Waals surface area contributed by atoms with Crippen LogP contribution in [0.25, 0.3) is 0 Å². The molecule has 2 saturated heterocycles. The highest BCUT2D eigenvalue weighted by atomic mass is 32.2. The molecule has 1 aromatic heterocycles. The van der Waals surface area contributed by atoms with E-state index < -0.39 is 10.0 Å². The summed E-state index contributed by atoms with van der Waals surface area (Å²) in [6.45, 7) is 5.37. The predicted octanol–water partition coefficient (Wildman–Crippen LogP) is 2.32. The molecule has 0 bridgehead atoms. The minimum atomic E-state index is -3.47. The zero-order valence-electron chi connectivity index (χ0n) is 18.1. The Labute approximate surface area is 192 Å². The molecule has 0 aliphatic carbocycles. The summed E-state index contributed by atoms with van der Waals surface area (Å²) in [5, 5.41) is 4.77. The van der Waals surface area contributed by atoms with Crippen LogP contribution in [0.15, 0.2) is 46.7 Å². The van der Waals surface area contributed by atoms with Crippen molar-refractivity contribution in [2.24, 2.45) is 0 Å². The van der Waals surface area contributed by atoms with E-state index in [-0.39, 0.29) is 22.8 Å². The number of sulfonamides is 1. The van der Waals surface area contributed by atoms with Gasteiger partial charge in [-0.25, -0.2) is 8.42 Å². The first-order chi connectivity index (χ1) is 15.4. The van der Waals surface area contributed by atoms with Crippen LogP contribution in [-0.2, 0) is 14.8 Å². The van der Waals surface area contributed by atoms with E-state index in [1.165, 1.54) is 15.6 Å². The summed E-state index contributed by atoms with van der Waals surface area (Å²) in [5.41, 5.74) is 0.564. The molecule has 2 fully saturated rings. The molecule has 8 nitrogen and oxygen atoms in total. The third kappa shape index (κ3) is 4.88. The van der Waals surface area contributed by atoms with Crippen molar-refractivity contribution in [2.45, 2.75) is 30.7 Å². The van der Waals surface area contributed by atoms with Gasteiger partial charge in [-0.05, 0) is 55.5 Å². The molecule has 1 N–H and O–H groups in total. The number of amides is 2. The molecule has 3 heterocycles. The van der Waals surface area contributed by atoms with Crippen LogP contribution in [0.2, 0.25) is 0 Å². The van der Waals surface area contributed by atoms with Gasteiger partial charge in [-0.2, -0.15) is 4.31 Å². The van der Waals surface area contributed by atoms with E-state index >= 15 is 0 Å². The first kappa shape index (κ1) is 22.9. The lowest BCUT2D eigenvalue weighted by Gasteiger charge is -2.37. The van der Waals surface area contributed by atoms with E-state index in [9.17, 15) is 18.0 Å². The molecule has 2 aromatic rings. The Morgan fingerprint density at radius 3 is 2.22 bits per heavy atom. The van der Waals surface area contributed by atoms with Gasteiger partial charge in [0.1, 0.15) is 0 Å². The fourth-order valence-electron chi connectivity index (χ4n) is 4.07. The first-order valence-corrected chi connectivity index (χ1v) is 13.2. The van der Waals surface area contributed by atoms with E-state index in [1.54, 1.807) is 24.3 Å². The molecule has 2 aliphatic heterocycles. The Bertz CT molecular complexity index is 1040. The number of piperazine rings is 1. The number of thiophene rings is 1. The number of carbonyl (C=O) groups excluding carboxylic acids is 2. The average Bonchev–Trinajstić information content (AvgIpc) is 3.53. The van der Waals surface area contributed by atoms with Crippen molar-refractivity contribution in [1.82, 2.24) is 14.1 Å². The minimum absolute atomic E-state index is 0.0423. The second kappa shape index (κ2) is 9.70. The van der Waals surface area contributed by atoms with Crippen LogP contribution in [0.4, 0.5) is 5.69 Å². The summed E-state index contributed by atoms with van der Waals surface area (Å²) >= 11 is 1.44. The van der Waals surface area contributed by atoms with E-state index in [1.807, 2.05) is 29.3 Å². The maximum Gasteiger partial charge on any atom is 0.264 e. The summed E-state index contributed by atoms with van der Waals surface area (Å²) in [6, 6.07) is 9.69. The van der Waals surface area contributed by atoms with E-state index in [0.717, 1.165) is 17.7 Å². The summed E-state index contributed by atoms with van der Waals surface area (Å²) in [5.74, 6) is -0.112. The van der Waals surface area contributed by atoms with Crippen molar-refractivity contribution >= 4 is 38.9 Å². The third-order valence-corrected chi connectivity index (χ3v) is 8.86. The Kier molecular flexibility index (Phi) is 6.94. The van der Waals surface area contributed by atoms with Crippen molar-refractivity contribution in [3.8, 4) is 0 Å². The second-order valence-electron chi connectivity index (χ2n) is 8.11. The maximum atomic E-state index is 12.7. The van der Waals surface area contributed by atoms with Crippen LogP contribution >= 0.6 is 11.3 Å². The summed E-state index contributed by atoms with van der Waals surface area (Å²) in [7, 11) is -3.47.